The number of rotatable bonds is 2. The molecule has 1 aromatic heterocycles. The average molecular weight is 248 g/mol. The van der Waals surface area contributed by atoms with Crippen LogP contribution in [0.2, 0.25) is 0 Å². The molecule has 96 valence electrons. The first-order chi connectivity index (χ1) is 8.51. The van der Waals surface area contributed by atoms with E-state index in [9.17, 15) is 4.79 Å². The molecule has 0 spiro atoms. The summed E-state index contributed by atoms with van der Waals surface area (Å²) in [5.74, 6) is 1.13. The van der Waals surface area contributed by atoms with Crippen molar-refractivity contribution in [2.75, 3.05) is 20.0 Å². The van der Waals surface area contributed by atoms with Crippen LogP contribution in [0.15, 0.2) is 16.9 Å². The molecule has 0 saturated carbocycles. The van der Waals surface area contributed by atoms with Crippen LogP contribution in [-0.4, -0.2) is 18.8 Å². The molecule has 0 unspecified atom stereocenters. The molecule has 0 aliphatic carbocycles. The van der Waals surface area contributed by atoms with Crippen LogP contribution in [0.4, 0.5) is 5.69 Å². The molecule has 0 bridgehead atoms. The number of nitrogens with zero attached hydrogens (tertiary/aromatic N) is 1. The molecule has 1 heterocycles. The Bertz CT molecular complexity index is 674. The van der Waals surface area contributed by atoms with Crippen LogP contribution in [0.3, 0.4) is 0 Å². The van der Waals surface area contributed by atoms with Crippen molar-refractivity contribution < 1.29 is 9.47 Å². The number of nitrogen functional groups attached to an aromatic ring is 1. The van der Waals surface area contributed by atoms with Crippen molar-refractivity contribution in [1.82, 2.24) is 4.57 Å². The minimum atomic E-state index is -0.0925. The number of hydrogen-bond acceptors (Lipinski definition) is 4. The number of ether oxygens (including phenoxy) is 2. The van der Waals surface area contributed by atoms with Gasteiger partial charge in [0.25, 0.3) is 5.56 Å². The van der Waals surface area contributed by atoms with Crippen LogP contribution in [0.1, 0.15) is 5.56 Å². The van der Waals surface area contributed by atoms with E-state index in [4.69, 9.17) is 15.2 Å². The Kier molecular flexibility index (Phi) is 2.90. The van der Waals surface area contributed by atoms with E-state index < -0.39 is 0 Å². The van der Waals surface area contributed by atoms with Crippen LogP contribution in [0.5, 0.6) is 11.5 Å². The minimum absolute atomic E-state index is 0.0925. The third-order valence-corrected chi connectivity index (χ3v) is 3.07. The number of aromatic nitrogens is 1. The monoisotopic (exact) mass is 248 g/mol. The minimum Gasteiger partial charge on any atom is -0.494 e. The summed E-state index contributed by atoms with van der Waals surface area (Å²) in [6, 6.07) is 3.23. The fourth-order valence-electron chi connectivity index (χ4n) is 2.19. The van der Waals surface area contributed by atoms with E-state index in [-0.39, 0.29) is 5.56 Å². The molecular formula is C13H16N2O3. The molecule has 2 N–H and O–H groups in total. The van der Waals surface area contributed by atoms with E-state index in [0.717, 1.165) is 10.9 Å². The van der Waals surface area contributed by atoms with Crippen molar-refractivity contribution in [3.05, 3.63) is 28.0 Å². The largest absolute Gasteiger partial charge is 0.494 e. The zero-order chi connectivity index (χ0) is 13.4. The Balaban J connectivity index is 3.11. The number of benzene rings is 1. The van der Waals surface area contributed by atoms with Gasteiger partial charge in [-0.15, -0.1) is 0 Å². The molecule has 0 radical (unpaired) electrons. The van der Waals surface area contributed by atoms with Crippen molar-refractivity contribution in [2.24, 2.45) is 7.05 Å². The van der Waals surface area contributed by atoms with Gasteiger partial charge in [-0.2, -0.15) is 0 Å². The lowest BCUT2D eigenvalue weighted by molar-refractivity contribution is 0.410. The Morgan fingerprint density at radius 2 is 1.89 bits per heavy atom. The van der Waals surface area contributed by atoms with E-state index in [2.05, 4.69) is 0 Å². The lowest BCUT2D eigenvalue weighted by Gasteiger charge is -2.16. The molecule has 0 aliphatic rings. The van der Waals surface area contributed by atoms with E-state index in [1.807, 2.05) is 6.92 Å². The number of aryl methyl sites for hydroxylation is 2. The van der Waals surface area contributed by atoms with Gasteiger partial charge in [0.1, 0.15) is 5.75 Å². The predicted molar refractivity (Wildman–Crippen MR) is 71.4 cm³/mol. The molecule has 1 aromatic carbocycles. The quantitative estimate of drug-likeness (QED) is 0.817. The first-order valence-electron chi connectivity index (χ1n) is 5.52. The van der Waals surface area contributed by atoms with Crippen LogP contribution in [0.25, 0.3) is 10.9 Å². The number of hydrogen-bond donors (Lipinski definition) is 1. The van der Waals surface area contributed by atoms with Gasteiger partial charge in [0.15, 0.2) is 5.75 Å². The summed E-state index contributed by atoms with van der Waals surface area (Å²) in [5, 5.41) is 0.802. The van der Waals surface area contributed by atoms with E-state index >= 15 is 0 Å². The topological polar surface area (TPSA) is 66.5 Å². The molecule has 5 nitrogen and oxygen atoms in total. The highest BCUT2D eigenvalue weighted by atomic mass is 16.5. The van der Waals surface area contributed by atoms with Crippen molar-refractivity contribution >= 4 is 16.6 Å². The van der Waals surface area contributed by atoms with E-state index in [1.165, 1.54) is 4.57 Å². The van der Waals surface area contributed by atoms with Gasteiger partial charge in [-0.1, -0.05) is 0 Å². The van der Waals surface area contributed by atoms with Crippen molar-refractivity contribution in [2.45, 2.75) is 6.92 Å². The highest BCUT2D eigenvalue weighted by Crippen LogP contribution is 2.38. The van der Waals surface area contributed by atoms with Gasteiger partial charge in [-0.3, -0.25) is 4.79 Å². The normalized spacial score (nSPS) is 10.7. The van der Waals surface area contributed by atoms with Crippen LogP contribution in [-0.2, 0) is 7.05 Å². The van der Waals surface area contributed by atoms with Crippen molar-refractivity contribution in [1.29, 1.82) is 0 Å². The van der Waals surface area contributed by atoms with Crippen molar-refractivity contribution in [3.63, 3.8) is 0 Å². The molecule has 0 fully saturated rings. The van der Waals surface area contributed by atoms with Crippen LogP contribution in [0, 0.1) is 6.92 Å². The first-order valence-corrected chi connectivity index (χ1v) is 5.52. The molecule has 0 amide bonds. The number of fused-ring (bicyclic) bond motifs is 1. The summed E-state index contributed by atoms with van der Waals surface area (Å²) in [6.45, 7) is 1.85. The second kappa shape index (κ2) is 4.25. The average Bonchev–Trinajstić information content (AvgIpc) is 2.34. The van der Waals surface area contributed by atoms with Gasteiger partial charge in [0.05, 0.1) is 25.4 Å². The summed E-state index contributed by atoms with van der Waals surface area (Å²) in [4.78, 5) is 11.8. The van der Waals surface area contributed by atoms with E-state index in [0.29, 0.717) is 22.7 Å². The SMILES string of the molecule is COc1c(N)cc(OC)c2c1c(C)cc(=O)n2C. The van der Waals surface area contributed by atoms with Gasteiger partial charge in [-0.25, -0.2) is 0 Å². The lowest BCUT2D eigenvalue weighted by Crippen LogP contribution is -2.17. The maximum absolute atomic E-state index is 11.8. The number of anilines is 1. The first kappa shape index (κ1) is 12.3. The standard InChI is InChI=1S/C13H16N2O3/c1-7-5-10(16)15(2)12-9(17-3)6-8(14)13(18-4)11(7)12/h5-6H,14H2,1-4H3. The molecule has 2 rings (SSSR count). The molecule has 5 heteroatoms. The molecular weight excluding hydrogens is 232 g/mol. The summed E-state index contributed by atoms with van der Waals surface area (Å²) in [5.41, 5.74) is 7.84. The molecule has 18 heavy (non-hydrogen) atoms. The Labute approximate surface area is 105 Å². The lowest BCUT2D eigenvalue weighted by atomic mass is 10.1. The summed E-state index contributed by atoms with van der Waals surface area (Å²) in [6.07, 6.45) is 0. The highest BCUT2D eigenvalue weighted by Gasteiger charge is 2.16. The van der Waals surface area contributed by atoms with Gasteiger partial charge in [0, 0.05) is 24.6 Å². The molecule has 2 aromatic rings. The summed E-state index contributed by atoms with van der Waals surface area (Å²) >= 11 is 0. The smallest absolute Gasteiger partial charge is 0.251 e. The van der Waals surface area contributed by atoms with Gasteiger partial charge >= 0.3 is 0 Å². The van der Waals surface area contributed by atoms with E-state index in [1.54, 1.807) is 33.4 Å². The van der Waals surface area contributed by atoms with Gasteiger partial charge in [-0.05, 0) is 12.5 Å². The Hall–Kier alpha value is -2.17. The number of methoxy groups -OCH3 is 2. The highest BCUT2D eigenvalue weighted by molar-refractivity contribution is 5.97. The second-order valence-corrected chi connectivity index (χ2v) is 4.15. The zero-order valence-electron chi connectivity index (χ0n) is 10.9. The molecule has 0 aliphatic heterocycles. The predicted octanol–water partition coefficient (Wildman–Crippen LogP) is 1.45. The van der Waals surface area contributed by atoms with Gasteiger partial charge < -0.3 is 19.8 Å². The van der Waals surface area contributed by atoms with Crippen LogP contribution < -0.4 is 20.8 Å². The van der Waals surface area contributed by atoms with Gasteiger partial charge in [0.2, 0.25) is 0 Å². The summed E-state index contributed by atoms with van der Waals surface area (Å²) < 4.78 is 12.2. The second-order valence-electron chi connectivity index (χ2n) is 4.15. The fourth-order valence-corrected chi connectivity index (χ4v) is 2.19. The Morgan fingerprint density at radius 1 is 1.22 bits per heavy atom. The Morgan fingerprint density at radius 3 is 2.44 bits per heavy atom. The zero-order valence-corrected chi connectivity index (χ0v) is 10.9. The van der Waals surface area contributed by atoms with Crippen LogP contribution >= 0.6 is 0 Å². The van der Waals surface area contributed by atoms with Crippen molar-refractivity contribution in [3.8, 4) is 11.5 Å². The third kappa shape index (κ3) is 1.59. The maximum atomic E-state index is 11.8. The number of pyridine rings is 1. The molecule has 0 atom stereocenters. The molecule has 0 saturated heterocycles. The summed E-state index contributed by atoms with van der Waals surface area (Å²) in [7, 11) is 4.80. The third-order valence-electron chi connectivity index (χ3n) is 3.07. The maximum Gasteiger partial charge on any atom is 0.251 e. The fraction of sp³-hybridized carbons (Fsp3) is 0.308. The number of nitrogens with two attached hydrogens (primary N) is 1.